The van der Waals surface area contributed by atoms with Crippen molar-refractivity contribution in [2.45, 2.75) is 44.5 Å². The second kappa shape index (κ2) is 15.2. The smallest absolute Gasteiger partial charge is 0.258 e. The highest BCUT2D eigenvalue weighted by Gasteiger charge is 2.27. The Hall–Kier alpha value is -3.23. The Morgan fingerprint density at radius 2 is 1.68 bits per heavy atom. The molecule has 2 atom stereocenters. The normalized spacial score (nSPS) is 12.5. The van der Waals surface area contributed by atoms with Crippen molar-refractivity contribution >= 4 is 41.0 Å². The summed E-state index contributed by atoms with van der Waals surface area (Å²) in [4.78, 5) is 39.2. The van der Waals surface area contributed by atoms with Gasteiger partial charge in [0.15, 0.2) is 12.4 Å². The molecule has 9 heteroatoms. The number of rotatable bonds is 15. The second-order valence-corrected chi connectivity index (χ2v) is 10.7. The number of halogens is 1. The molecule has 2 N–H and O–H groups in total. The Bertz CT molecular complexity index is 1150. The van der Waals surface area contributed by atoms with Crippen LogP contribution in [0.15, 0.2) is 77.4 Å². The standard InChI is InChI=1S/C29H33ClN2O5S/c1-20(2)15-26(31-28(34)17-37-23-7-4-3-5-8-23)29(35)32-25(16-21-10-12-22(30)13-11-21)27(33)19-38-18-24-9-6-14-36-24/h3-14,20,25-26H,15-19H2,1-2H3,(H,31,34)(H,32,35)/t25-,26-/m0/s1. The fraction of sp³-hybridized carbons (Fsp3) is 0.345. The molecular weight excluding hydrogens is 524 g/mol. The fourth-order valence-corrected chi connectivity index (χ4v) is 4.72. The molecule has 2 amide bonds. The van der Waals surface area contributed by atoms with Crippen LogP contribution in [0.1, 0.15) is 31.6 Å². The van der Waals surface area contributed by atoms with Crippen molar-refractivity contribution in [3.8, 4) is 5.75 Å². The van der Waals surface area contributed by atoms with E-state index in [0.717, 1.165) is 11.3 Å². The molecular formula is C29H33ClN2O5S. The van der Waals surface area contributed by atoms with E-state index in [9.17, 15) is 14.4 Å². The lowest BCUT2D eigenvalue weighted by Crippen LogP contribution is -2.53. The van der Waals surface area contributed by atoms with E-state index >= 15 is 0 Å². The van der Waals surface area contributed by atoms with Crippen LogP contribution in [0.2, 0.25) is 5.02 Å². The van der Waals surface area contributed by atoms with Gasteiger partial charge in [0.2, 0.25) is 5.91 Å². The van der Waals surface area contributed by atoms with E-state index < -0.39 is 23.9 Å². The molecule has 0 spiro atoms. The lowest BCUT2D eigenvalue weighted by molar-refractivity contribution is -0.132. The summed E-state index contributed by atoms with van der Waals surface area (Å²) in [6.45, 7) is 3.71. The van der Waals surface area contributed by atoms with Crippen LogP contribution < -0.4 is 15.4 Å². The summed E-state index contributed by atoms with van der Waals surface area (Å²) < 4.78 is 10.9. The van der Waals surface area contributed by atoms with E-state index in [-0.39, 0.29) is 24.1 Å². The number of nitrogens with one attached hydrogen (secondary N) is 2. The minimum Gasteiger partial charge on any atom is -0.484 e. The quantitative estimate of drug-likeness (QED) is 0.271. The SMILES string of the molecule is CC(C)C[C@H](NC(=O)COc1ccccc1)C(=O)N[C@@H](Cc1ccc(Cl)cc1)C(=O)CSCc1ccco1. The molecule has 0 fully saturated rings. The van der Waals surface area contributed by atoms with Gasteiger partial charge in [-0.2, -0.15) is 0 Å². The molecule has 1 heterocycles. The van der Waals surface area contributed by atoms with E-state index in [1.807, 2.05) is 50.2 Å². The zero-order valence-electron chi connectivity index (χ0n) is 21.5. The summed E-state index contributed by atoms with van der Waals surface area (Å²) in [7, 11) is 0. The molecule has 0 radical (unpaired) electrons. The van der Waals surface area contributed by atoms with Crippen molar-refractivity contribution in [1.82, 2.24) is 10.6 Å². The van der Waals surface area contributed by atoms with Crippen LogP contribution >= 0.6 is 23.4 Å². The molecule has 1 aromatic heterocycles. The lowest BCUT2D eigenvalue weighted by Gasteiger charge is -2.24. The number of hydrogen-bond acceptors (Lipinski definition) is 6. The monoisotopic (exact) mass is 556 g/mol. The van der Waals surface area contributed by atoms with Gasteiger partial charge in [-0.25, -0.2) is 0 Å². The van der Waals surface area contributed by atoms with E-state index in [1.165, 1.54) is 11.8 Å². The summed E-state index contributed by atoms with van der Waals surface area (Å²) in [6, 6.07) is 18.2. The number of benzene rings is 2. The van der Waals surface area contributed by atoms with Gasteiger partial charge in [0.05, 0.1) is 23.8 Å². The van der Waals surface area contributed by atoms with Crippen LogP contribution in [-0.4, -0.2) is 42.0 Å². The molecule has 0 bridgehead atoms. The van der Waals surface area contributed by atoms with Crippen molar-refractivity contribution in [2.75, 3.05) is 12.4 Å². The van der Waals surface area contributed by atoms with E-state index in [0.29, 0.717) is 29.4 Å². The minimum atomic E-state index is -0.807. The number of furan rings is 1. The summed E-state index contributed by atoms with van der Waals surface area (Å²) in [5.74, 6) is 1.28. The zero-order valence-corrected chi connectivity index (χ0v) is 23.1. The van der Waals surface area contributed by atoms with E-state index in [2.05, 4.69) is 10.6 Å². The van der Waals surface area contributed by atoms with Crippen LogP contribution in [0, 0.1) is 5.92 Å². The third-order valence-corrected chi connectivity index (χ3v) is 6.83. The molecule has 38 heavy (non-hydrogen) atoms. The third-order valence-electron chi connectivity index (χ3n) is 5.60. The number of hydrogen-bond donors (Lipinski definition) is 2. The molecule has 7 nitrogen and oxygen atoms in total. The number of Topliss-reactive ketones (excluding diaryl/α,β-unsaturated/α-hetero) is 1. The highest BCUT2D eigenvalue weighted by molar-refractivity contribution is 7.99. The number of thioether (sulfide) groups is 1. The Balaban J connectivity index is 1.65. The van der Waals surface area contributed by atoms with Crippen LogP contribution in [-0.2, 0) is 26.6 Å². The summed E-state index contributed by atoms with van der Waals surface area (Å²) in [6.07, 6.45) is 2.32. The summed E-state index contributed by atoms with van der Waals surface area (Å²) in [5.41, 5.74) is 0.866. The molecule has 3 aromatic rings. The van der Waals surface area contributed by atoms with Gasteiger partial charge in [-0.05, 0) is 60.7 Å². The zero-order chi connectivity index (χ0) is 27.3. The largest absolute Gasteiger partial charge is 0.484 e. The molecule has 0 aliphatic carbocycles. The highest BCUT2D eigenvalue weighted by Crippen LogP contribution is 2.16. The molecule has 0 aliphatic rings. The Morgan fingerprint density at radius 1 is 0.947 bits per heavy atom. The average molecular weight is 557 g/mol. The van der Waals surface area contributed by atoms with Gasteiger partial charge < -0.3 is 19.8 Å². The van der Waals surface area contributed by atoms with Crippen LogP contribution in [0.25, 0.3) is 0 Å². The maximum absolute atomic E-state index is 13.3. The van der Waals surface area contributed by atoms with Gasteiger partial charge >= 0.3 is 0 Å². The first-order chi connectivity index (χ1) is 18.3. The van der Waals surface area contributed by atoms with Crippen molar-refractivity contribution in [3.05, 3.63) is 89.3 Å². The number of carbonyl (C=O) groups excluding carboxylic acids is 3. The first-order valence-corrected chi connectivity index (χ1v) is 14.0. The topological polar surface area (TPSA) is 97.6 Å². The lowest BCUT2D eigenvalue weighted by atomic mass is 10.00. The second-order valence-electron chi connectivity index (χ2n) is 9.28. The first-order valence-electron chi connectivity index (χ1n) is 12.4. The van der Waals surface area contributed by atoms with Crippen molar-refractivity contribution in [1.29, 1.82) is 0 Å². The third kappa shape index (κ3) is 10.3. The Labute approximate surface area is 232 Å². The van der Waals surface area contributed by atoms with Gasteiger partial charge in [0.1, 0.15) is 17.6 Å². The maximum atomic E-state index is 13.3. The predicted octanol–water partition coefficient (Wildman–Crippen LogP) is 5.07. The van der Waals surface area contributed by atoms with Gasteiger partial charge in [0, 0.05) is 5.02 Å². The minimum absolute atomic E-state index is 0.119. The fourth-order valence-electron chi connectivity index (χ4n) is 3.73. The average Bonchev–Trinajstić information content (AvgIpc) is 3.42. The molecule has 202 valence electrons. The number of para-hydroxylation sites is 1. The van der Waals surface area contributed by atoms with E-state index in [4.69, 9.17) is 20.8 Å². The number of ether oxygens (including phenoxy) is 1. The summed E-state index contributed by atoms with van der Waals surface area (Å²) in [5, 5.41) is 6.26. The number of amides is 2. The van der Waals surface area contributed by atoms with Crippen molar-refractivity contribution in [2.24, 2.45) is 5.92 Å². The van der Waals surface area contributed by atoms with Crippen LogP contribution in [0.5, 0.6) is 5.75 Å². The Morgan fingerprint density at radius 3 is 2.34 bits per heavy atom. The Kier molecular flexibility index (Phi) is 11.8. The molecule has 0 aliphatic heterocycles. The maximum Gasteiger partial charge on any atom is 0.258 e. The molecule has 0 unspecified atom stereocenters. The van der Waals surface area contributed by atoms with Crippen molar-refractivity contribution in [3.63, 3.8) is 0 Å². The highest BCUT2D eigenvalue weighted by atomic mass is 35.5. The summed E-state index contributed by atoms with van der Waals surface area (Å²) >= 11 is 7.44. The number of ketones is 1. The molecule has 3 rings (SSSR count). The van der Waals surface area contributed by atoms with Crippen LogP contribution in [0.4, 0.5) is 0 Å². The van der Waals surface area contributed by atoms with Gasteiger partial charge in [-0.15, -0.1) is 11.8 Å². The molecule has 2 aromatic carbocycles. The van der Waals surface area contributed by atoms with Gasteiger partial charge in [-0.1, -0.05) is 55.8 Å². The predicted molar refractivity (Wildman–Crippen MR) is 150 cm³/mol. The van der Waals surface area contributed by atoms with E-state index in [1.54, 1.807) is 36.6 Å². The van der Waals surface area contributed by atoms with Crippen molar-refractivity contribution < 1.29 is 23.5 Å². The first kappa shape index (κ1) is 29.3. The molecule has 0 saturated carbocycles. The van der Waals surface area contributed by atoms with Gasteiger partial charge in [0.25, 0.3) is 5.91 Å². The van der Waals surface area contributed by atoms with Crippen LogP contribution in [0.3, 0.4) is 0 Å². The molecule has 0 saturated heterocycles. The number of carbonyl (C=O) groups is 3. The van der Waals surface area contributed by atoms with Gasteiger partial charge in [-0.3, -0.25) is 14.4 Å².